The Bertz CT molecular complexity index is 660. The summed E-state index contributed by atoms with van der Waals surface area (Å²) in [5, 5.41) is 6.31. The highest BCUT2D eigenvalue weighted by Crippen LogP contribution is 2.26. The Labute approximate surface area is 169 Å². The first kappa shape index (κ1) is 20.7. The molecule has 1 aliphatic heterocycles. The summed E-state index contributed by atoms with van der Waals surface area (Å²) in [5.74, 6) is 0.814. The van der Waals surface area contributed by atoms with E-state index in [1.165, 1.54) is 32.1 Å². The monoisotopic (exact) mass is 385 g/mol. The van der Waals surface area contributed by atoms with Gasteiger partial charge >= 0.3 is 0 Å². The topological polar surface area (TPSA) is 61.4 Å². The van der Waals surface area contributed by atoms with Crippen LogP contribution in [0.25, 0.3) is 0 Å². The second kappa shape index (κ2) is 9.94. The van der Waals surface area contributed by atoms with Gasteiger partial charge in [0.05, 0.1) is 5.56 Å². The highest BCUT2D eigenvalue weighted by molar-refractivity contribution is 5.99. The number of benzene rings is 1. The lowest BCUT2D eigenvalue weighted by Crippen LogP contribution is -2.46. The highest BCUT2D eigenvalue weighted by atomic mass is 16.2. The van der Waals surface area contributed by atoms with E-state index in [4.69, 9.17) is 0 Å². The van der Waals surface area contributed by atoms with Crippen molar-refractivity contribution < 1.29 is 9.59 Å². The third-order valence-corrected chi connectivity index (χ3v) is 6.13. The van der Waals surface area contributed by atoms with Crippen LogP contribution >= 0.6 is 0 Å². The van der Waals surface area contributed by atoms with Crippen molar-refractivity contribution in [1.82, 2.24) is 10.6 Å². The van der Waals surface area contributed by atoms with Crippen molar-refractivity contribution in [2.45, 2.75) is 64.8 Å². The van der Waals surface area contributed by atoms with E-state index in [-0.39, 0.29) is 23.8 Å². The van der Waals surface area contributed by atoms with E-state index in [1.807, 2.05) is 38.1 Å². The summed E-state index contributed by atoms with van der Waals surface area (Å²) in [6.45, 7) is 6.35. The molecule has 5 nitrogen and oxygen atoms in total. The van der Waals surface area contributed by atoms with Gasteiger partial charge in [-0.15, -0.1) is 0 Å². The molecule has 3 rings (SSSR count). The number of nitrogens with one attached hydrogen (secondary N) is 2. The van der Waals surface area contributed by atoms with Crippen molar-refractivity contribution in [1.29, 1.82) is 0 Å². The maximum Gasteiger partial charge on any atom is 0.253 e. The van der Waals surface area contributed by atoms with Crippen LogP contribution in [0.5, 0.6) is 0 Å². The normalized spacial score (nSPS) is 18.9. The molecule has 5 heteroatoms. The first-order chi connectivity index (χ1) is 13.5. The average molecular weight is 386 g/mol. The molecule has 0 atom stereocenters. The molecule has 1 aliphatic carbocycles. The van der Waals surface area contributed by atoms with Crippen LogP contribution in [0, 0.1) is 11.8 Å². The molecule has 1 saturated carbocycles. The fourth-order valence-electron chi connectivity index (χ4n) is 4.30. The van der Waals surface area contributed by atoms with E-state index in [2.05, 4.69) is 15.5 Å². The van der Waals surface area contributed by atoms with E-state index in [0.717, 1.165) is 43.7 Å². The van der Waals surface area contributed by atoms with Gasteiger partial charge in [-0.05, 0) is 43.7 Å². The zero-order chi connectivity index (χ0) is 19.9. The Morgan fingerprint density at radius 3 is 2.39 bits per heavy atom. The van der Waals surface area contributed by atoms with Crippen LogP contribution in [-0.2, 0) is 4.79 Å². The summed E-state index contributed by atoms with van der Waals surface area (Å²) in [5.41, 5.74) is 1.78. The Balaban J connectivity index is 1.56. The molecule has 0 spiro atoms. The van der Waals surface area contributed by atoms with Gasteiger partial charge in [0.2, 0.25) is 5.91 Å². The van der Waals surface area contributed by atoms with Crippen LogP contribution in [-0.4, -0.2) is 37.5 Å². The molecule has 0 radical (unpaired) electrons. The van der Waals surface area contributed by atoms with Gasteiger partial charge in [0.15, 0.2) is 0 Å². The number of hydrogen-bond acceptors (Lipinski definition) is 3. The summed E-state index contributed by atoms with van der Waals surface area (Å²) in [7, 11) is 0. The standard InChI is InChI=1S/C23H35N3O2/c1-17(2)22(27)25-19-12-14-26(15-13-19)21-11-7-6-10-20(21)23(28)24-16-18-8-4-3-5-9-18/h6-7,10-11,17-19H,3-5,8-9,12-16H2,1-2H3,(H,24,28)(H,25,27). The van der Waals surface area contributed by atoms with Crippen LogP contribution in [0.1, 0.15) is 69.2 Å². The molecule has 1 heterocycles. The molecule has 1 aromatic rings. The van der Waals surface area contributed by atoms with Crippen LogP contribution in [0.4, 0.5) is 5.69 Å². The number of nitrogens with zero attached hydrogens (tertiary/aromatic N) is 1. The Morgan fingerprint density at radius 2 is 1.71 bits per heavy atom. The van der Waals surface area contributed by atoms with Crippen LogP contribution in [0.3, 0.4) is 0 Å². The van der Waals surface area contributed by atoms with Crippen molar-refractivity contribution in [3.05, 3.63) is 29.8 Å². The van der Waals surface area contributed by atoms with Crippen LogP contribution < -0.4 is 15.5 Å². The van der Waals surface area contributed by atoms with E-state index in [1.54, 1.807) is 0 Å². The number of carbonyl (C=O) groups excluding carboxylic acids is 2. The molecule has 0 unspecified atom stereocenters. The van der Waals surface area contributed by atoms with Gasteiger partial charge in [0.1, 0.15) is 0 Å². The minimum atomic E-state index is 0.0200. The number of para-hydroxylation sites is 1. The van der Waals surface area contributed by atoms with Crippen molar-refractivity contribution in [2.24, 2.45) is 11.8 Å². The maximum atomic E-state index is 12.8. The van der Waals surface area contributed by atoms with Gasteiger partial charge in [0, 0.05) is 37.3 Å². The number of carbonyl (C=O) groups is 2. The molecule has 1 aromatic carbocycles. The minimum absolute atomic E-state index is 0.0200. The van der Waals surface area contributed by atoms with E-state index < -0.39 is 0 Å². The van der Waals surface area contributed by atoms with Crippen LogP contribution in [0.15, 0.2) is 24.3 Å². The zero-order valence-corrected chi connectivity index (χ0v) is 17.4. The first-order valence-electron chi connectivity index (χ1n) is 11.0. The van der Waals surface area contributed by atoms with Crippen molar-refractivity contribution >= 4 is 17.5 Å². The Hall–Kier alpha value is -2.04. The highest BCUT2D eigenvalue weighted by Gasteiger charge is 2.24. The predicted molar refractivity (Wildman–Crippen MR) is 114 cm³/mol. The average Bonchev–Trinajstić information content (AvgIpc) is 2.73. The minimum Gasteiger partial charge on any atom is -0.371 e. The van der Waals surface area contributed by atoms with Crippen molar-refractivity contribution in [3.8, 4) is 0 Å². The number of piperidine rings is 1. The SMILES string of the molecule is CC(C)C(=O)NC1CCN(c2ccccc2C(=O)NCC2CCCCC2)CC1. The predicted octanol–water partition coefficient (Wildman–Crippen LogP) is 3.74. The number of rotatable bonds is 6. The number of hydrogen-bond donors (Lipinski definition) is 2. The molecular weight excluding hydrogens is 350 g/mol. The molecule has 1 saturated heterocycles. The Kier molecular flexibility index (Phi) is 7.35. The molecule has 2 amide bonds. The lowest BCUT2D eigenvalue weighted by Gasteiger charge is -2.35. The second-order valence-electron chi connectivity index (χ2n) is 8.66. The smallest absolute Gasteiger partial charge is 0.253 e. The third-order valence-electron chi connectivity index (χ3n) is 6.13. The van der Waals surface area contributed by atoms with Gasteiger partial charge in [-0.2, -0.15) is 0 Å². The molecule has 2 aliphatic rings. The summed E-state index contributed by atoms with van der Waals surface area (Å²) in [4.78, 5) is 27.1. The quantitative estimate of drug-likeness (QED) is 0.784. The molecule has 2 N–H and O–H groups in total. The lowest BCUT2D eigenvalue weighted by molar-refractivity contribution is -0.124. The van der Waals surface area contributed by atoms with E-state index in [9.17, 15) is 9.59 Å². The summed E-state index contributed by atoms with van der Waals surface area (Å²) < 4.78 is 0. The van der Waals surface area contributed by atoms with Gasteiger partial charge < -0.3 is 15.5 Å². The molecule has 2 fully saturated rings. The molecule has 28 heavy (non-hydrogen) atoms. The van der Waals surface area contributed by atoms with Gasteiger partial charge in [-0.1, -0.05) is 45.2 Å². The van der Waals surface area contributed by atoms with Crippen molar-refractivity contribution in [2.75, 3.05) is 24.5 Å². The second-order valence-corrected chi connectivity index (χ2v) is 8.66. The fourth-order valence-corrected chi connectivity index (χ4v) is 4.30. The van der Waals surface area contributed by atoms with E-state index in [0.29, 0.717) is 5.92 Å². The number of anilines is 1. The summed E-state index contributed by atoms with van der Waals surface area (Å²) >= 11 is 0. The maximum absolute atomic E-state index is 12.8. The first-order valence-corrected chi connectivity index (χ1v) is 11.0. The molecule has 0 aromatic heterocycles. The zero-order valence-electron chi connectivity index (χ0n) is 17.4. The van der Waals surface area contributed by atoms with Gasteiger partial charge in [-0.3, -0.25) is 9.59 Å². The largest absolute Gasteiger partial charge is 0.371 e. The third kappa shape index (κ3) is 5.49. The summed E-state index contributed by atoms with van der Waals surface area (Å²) in [6.07, 6.45) is 8.21. The van der Waals surface area contributed by atoms with Crippen molar-refractivity contribution in [3.63, 3.8) is 0 Å². The molecule has 154 valence electrons. The van der Waals surface area contributed by atoms with E-state index >= 15 is 0 Å². The Morgan fingerprint density at radius 1 is 1.04 bits per heavy atom. The molecular formula is C23H35N3O2. The van der Waals surface area contributed by atoms with Gasteiger partial charge in [-0.25, -0.2) is 0 Å². The molecule has 0 bridgehead atoms. The van der Waals surface area contributed by atoms with Crippen LogP contribution in [0.2, 0.25) is 0 Å². The fraction of sp³-hybridized carbons (Fsp3) is 0.652. The number of amides is 2. The van der Waals surface area contributed by atoms with Gasteiger partial charge in [0.25, 0.3) is 5.91 Å². The lowest BCUT2D eigenvalue weighted by atomic mass is 9.89. The summed E-state index contributed by atoms with van der Waals surface area (Å²) in [6, 6.07) is 8.15.